The number of thioether (sulfide) groups is 1. The van der Waals surface area contributed by atoms with E-state index < -0.39 is 4.93 Å². The molecule has 0 bridgehead atoms. The Bertz CT molecular complexity index is 1950. The van der Waals surface area contributed by atoms with Crippen molar-refractivity contribution in [1.29, 1.82) is 0 Å². The molecule has 1 aliphatic heterocycles. The van der Waals surface area contributed by atoms with Crippen molar-refractivity contribution in [1.82, 2.24) is 19.8 Å². The van der Waals surface area contributed by atoms with Crippen LogP contribution in [0.1, 0.15) is 23.9 Å². The number of esters is 1. The highest BCUT2D eigenvalue weighted by molar-refractivity contribution is 8.00. The van der Waals surface area contributed by atoms with Crippen molar-refractivity contribution in [3.05, 3.63) is 118 Å². The molecule has 0 radical (unpaired) electrons. The molecule has 236 valence electrons. The number of fused-ring (bicyclic) bond motifs is 4. The van der Waals surface area contributed by atoms with Gasteiger partial charge in [-0.15, -0.1) is 0 Å². The highest BCUT2D eigenvalue weighted by Gasteiger charge is 2.46. The molecule has 5 aromatic rings. The van der Waals surface area contributed by atoms with E-state index in [0.29, 0.717) is 36.6 Å². The Balaban J connectivity index is 1.14. The van der Waals surface area contributed by atoms with E-state index in [-0.39, 0.29) is 24.0 Å². The van der Waals surface area contributed by atoms with Gasteiger partial charge < -0.3 is 29.1 Å². The summed E-state index contributed by atoms with van der Waals surface area (Å²) in [6.45, 7) is 2.92. The smallest absolute Gasteiger partial charge is 0.304 e. The van der Waals surface area contributed by atoms with Gasteiger partial charge in [-0.2, -0.15) is 0 Å². The number of carbonyl (C=O) groups excluding carboxylic acids is 2. The number of hydrogen-bond acceptors (Lipinski definition) is 8. The maximum Gasteiger partial charge on any atom is 0.304 e. The van der Waals surface area contributed by atoms with Crippen LogP contribution in [-0.4, -0.2) is 60.2 Å². The monoisotopic (exact) mass is 638 g/mol. The molecule has 11 heteroatoms. The minimum absolute atomic E-state index is 0.122. The van der Waals surface area contributed by atoms with E-state index in [9.17, 15) is 14.4 Å². The van der Waals surface area contributed by atoms with Crippen molar-refractivity contribution in [2.24, 2.45) is 0 Å². The molecule has 1 atom stereocenters. The standard InChI is InChI=1S/C35H34N4O6S/c1-23(40)45-35(25-9-12-27(43-3)13-10-25)32-16-11-26(39(32)30-6-4-5-7-31(30)46-35)21-38(2)19-18-36-34(42)22-44-28-14-15-29-24(20-28)8-17-33(41)37-29/h4-17,20H,18-19,21-22H2,1-3H3,(H,36,42)(H,37,41). The second-order valence-electron chi connectivity index (χ2n) is 11.0. The second kappa shape index (κ2) is 13.2. The lowest BCUT2D eigenvalue weighted by molar-refractivity contribution is -0.147. The molecule has 0 aliphatic carbocycles. The molecule has 0 saturated heterocycles. The van der Waals surface area contributed by atoms with Gasteiger partial charge in [0.15, 0.2) is 6.61 Å². The SMILES string of the molecule is COc1ccc(C2(OC(C)=O)Sc3ccccc3-n3c(CN(C)CCNC(=O)COc4ccc5[nH]c(=O)ccc5c4)ccc32)cc1. The second-order valence-corrected chi connectivity index (χ2v) is 12.2. The number of ether oxygens (including phenoxy) is 3. The van der Waals surface area contributed by atoms with Crippen LogP contribution in [0.3, 0.4) is 0 Å². The number of amides is 1. The Labute approximate surface area is 270 Å². The number of methoxy groups -OCH3 is 1. The van der Waals surface area contributed by atoms with Gasteiger partial charge in [0.2, 0.25) is 10.5 Å². The third-order valence-corrected chi connectivity index (χ3v) is 9.11. The first kappa shape index (κ1) is 31.0. The van der Waals surface area contributed by atoms with Crippen LogP contribution in [0.15, 0.2) is 101 Å². The summed E-state index contributed by atoms with van der Waals surface area (Å²) in [6.07, 6.45) is 0. The van der Waals surface area contributed by atoms with Crippen molar-refractivity contribution < 1.29 is 23.8 Å². The number of likely N-dealkylation sites (N-methyl/N-ethyl adjacent to an activating group) is 1. The van der Waals surface area contributed by atoms with Crippen molar-refractivity contribution in [3.63, 3.8) is 0 Å². The largest absolute Gasteiger partial charge is 0.497 e. The molecule has 46 heavy (non-hydrogen) atoms. The van der Waals surface area contributed by atoms with Crippen molar-refractivity contribution in [2.45, 2.75) is 23.3 Å². The molecule has 3 aromatic carbocycles. The summed E-state index contributed by atoms with van der Waals surface area (Å²) in [6, 6.07) is 28.2. The highest BCUT2D eigenvalue weighted by Crippen LogP contribution is 2.54. The normalized spacial score (nSPS) is 15.2. The summed E-state index contributed by atoms with van der Waals surface area (Å²) in [5.74, 6) is 0.645. The Morgan fingerprint density at radius 1 is 0.978 bits per heavy atom. The van der Waals surface area contributed by atoms with E-state index in [1.807, 2.05) is 55.6 Å². The van der Waals surface area contributed by atoms with Gasteiger partial charge in [-0.25, -0.2) is 0 Å². The number of pyridine rings is 1. The fourth-order valence-electron chi connectivity index (χ4n) is 5.59. The Hall–Kier alpha value is -5.00. The number of benzene rings is 3. The molecule has 2 aromatic heterocycles. The fourth-order valence-corrected chi connectivity index (χ4v) is 6.99. The molecule has 6 rings (SSSR count). The average Bonchev–Trinajstić information content (AvgIpc) is 3.48. The lowest BCUT2D eigenvalue weighted by atomic mass is 10.0. The van der Waals surface area contributed by atoms with Crippen LogP contribution in [0, 0.1) is 0 Å². The molecule has 10 nitrogen and oxygen atoms in total. The zero-order valence-corrected chi connectivity index (χ0v) is 26.6. The zero-order chi connectivity index (χ0) is 32.3. The minimum atomic E-state index is -1.10. The molecule has 0 fully saturated rings. The number of aromatic nitrogens is 2. The van der Waals surface area contributed by atoms with E-state index in [1.165, 1.54) is 24.8 Å². The highest BCUT2D eigenvalue weighted by atomic mass is 32.2. The van der Waals surface area contributed by atoms with Crippen LogP contribution in [0.5, 0.6) is 11.5 Å². The van der Waals surface area contributed by atoms with Gasteiger partial charge in [0, 0.05) is 59.7 Å². The van der Waals surface area contributed by atoms with Crippen molar-refractivity contribution in [2.75, 3.05) is 33.9 Å². The lowest BCUT2D eigenvalue weighted by Crippen LogP contribution is -2.36. The average molecular weight is 639 g/mol. The number of nitrogens with zero attached hydrogens (tertiary/aromatic N) is 2. The molecule has 1 amide bonds. The third-order valence-electron chi connectivity index (χ3n) is 7.73. The number of para-hydroxylation sites is 1. The van der Waals surface area contributed by atoms with Crippen LogP contribution < -0.4 is 20.3 Å². The van der Waals surface area contributed by atoms with E-state index in [4.69, 9.17) is 14.2 Å². The summed E-state index contributed by atoms with van der Waals surface area (Å²) in [7, 11) is 3.61. The quantitative estimate of drug-likeness (QED) is 0.198. The maximum absolute atomic E-state index is 12.6. The molecule has 1 aliphatic rings. The Morgan fingerprint density at radius 2 is 1.76 bits per heavy atom. The minimum Gasteiger partial charge on any atom is -0.497 e. The first-order valence-corrected chi connectivity index (χ1v) is 15.6. The van der Waals surface area contributed by atoms with Crippen LogP contribution in [0.4, 0.5) is 0 Å². The topological polar surface area (TPSA) is 115 Å². The summed E-state index contributed by atoms with van der Waals surface area (Å²) in [5, 5.41) is 3.74. The van der Waals surface area contributed by atoms with Crippen LogP contribution in [-0.2, 0) is 25.8 Å². The predicted octanol–water partition coefficient (Wildman–Crippen LogP) is 4.82. The number of hydrogen-bond donors (Lipinski definition) is 2. The van der Waals surface area contributed by atoms with Gasteiger partial charge in [-0.05, 0) is 67.7 Å². The van der Waals surface area contributed by atoms with E-state index in [1.54, 1.807) is 31.4 Å². The molecule has 3 heterocycles. The number of carbonyl (C=O) groups is 2. The summed E-state index contributed by atoms with van der Waals surface area (Å²) in [5.41, 5.74) is 4.23. The number of rotatable bonds is 11. The molecular weight excluding hydrogens is 604 g/mol. The number of nitrogens with one attached hydrogen (secondary N) is 2. The van der Waals surface area contributed by atoms with Gasteiger partial charge in [0.05, 0.1) is 18.5 Å². The Kier molecular flexibility index (Phi) is 8.87. The van der Waals surface area contributed by atoms with E-state index in [0.717, 1.165) is 32.9 Å². The zero-order valence-electron chi connectivity index (χ0n) is 25.7. The molecular formula is C35H34N4O6S. The molecule has 0 spiro atoms. The van der Waals surface area contributed by atoms with Crippen LogP contribution in [0.2, 0.25) is 0 Å². The van der Waals surface area contributed by atoms with Gasteiger partial charge >= 0.3 is 5.97 Å². The molecule has 1 unspecified atom stereocenters. The van der Waals surface area contributed by atoms with Gasteiger partial charge in [-0.1, -0.05) is 36.0 Å². The van der Waals surface area contributed by atoms with Crippen molar-refractivity contribution >= 4 is 34.5 Å². The third kappa shape index (κ3) is 6.37. The first-order chi connectivity index (χ1) is 22.3. The molecule has 0 saturated carbocycles. The predicted molar refractivity (Wildman–Crippen MR) is 177 cm³/mol. The van der Waals surface area contributed by atoms with Crippen molar-refractivity contribution in [3.8, 4) is 17.2 Å². The van der Waals surface area contributed by atoms with Gasteiger partial charge in [0.1, 0.15) is 11.5 Å². The first-order valence-electron chi connectivity index (χ1n) is 14.8. The number of aromatic amines is 1. The fraction of sp³-hybridized carbons (Fsp3) is 0.229. The van der Waals surface area contributed by atoms with Crippen LogP contribution >= 0.6 is 11.8 Å². The van der Waals surface area contributed by atoms with E-state index >= 15 is 0 Å². The summed E-state index contributed by atoms with van der Waals surface area (Å²) >= 11 is 1.50. The maximum atomic E-state index is 12.6. The summed E-state index contributed by atoms with van der Waals surface area (Å²) in [4.78, 5) is 41.4. The van der Waals surface area contributed by atoms with Gasteiger partial charge in [0.25, 0.3) is 5.91 Å². The van der Waals surface area contributed by atoms with Gasteiger partial charge in [-0.3, -0.25) is 19.3 Å². The summed E-state index contributed by atoms with van der Waals surface area (Å²) < 4.78 is 19.4. The molecule has 2 N–H and O–H groups in total. The Morgan fingerprint density at radius 3 is 2.54 bits per heavy atom. The lowest BCUT2D eigenvalue weighted by Gasteiger charge is -2.38. The van der Waals surface area contributed by atoms with E-state index in [2.05, 4.69) is 31.9 Å². The number of H-pyrrole nitrogens is 1. The van der Waals surface area contributed by atoms with Crippen LogP contribution in [0.25, 0.3) is 16.6 Å².